The summed E-state index contributed by atoms with van der Waals surface area (Å²) in [5.74, 6) is -0.221. The summed E-state index contributed by atoms with van der Waals surface area (Å²) in [6, 6.07) is 8.74. The SMILES string of the molecule is CNC(C)c1cc(F)ccc1Sc1ncccc1Br. The van der Waals surface area contributed by atoms with Crippen molar-refractivity contribution >= 4 is 27.7 Å². The van der Waals surface area contributed by atoms with Gasteiger partial charge in [0, 0.05) is 17.1 Å². The third-order valence-corrected chi connectivity index (χ3v) is 4.82. The fourth-order valence-electron chi connectivity index (χ4n) is 1.66. The van der Waals surface area contributed by atoms with E-state index >= 15 is 0 Å². The Balaban J connectivity index is 2.37. The maximum Gasteiger partial charge on any atom is 0.123 e. The zero-order valence-electron chi connectivity index (χ0n) is 10.7. The molecule has 100 valence electrons. The first-order valence-electron chi connectivity index (χ1n) is 5.87. The molecule has 2 nitrogen and oxygen atoms in total. The molecule has 1 atom stereocenters. The van der Waals surface area contributed by atoms with E-state index in [9.17, 15) is 4.39 Å². The van der Waals surface area contributed by atoms with Gasteiger partial charge in [-0.3, -0.25) is 0 Å². The molecule has 0 bridgehead atoms. The molecule has 1 N–H and O–H groups in total. The average molecular weight is 341 g/mol. The molecule has 0 aliphatic rings. The minimum Gasteiger partial charge on any atom is -0.313 e. The first kappa shape index (κ1) is 14.5. The van der Waals surface area contributed by atoms with E-state index in [1.165, 1.54) is 17.8 Å². The van der Waals surface area contributed by atoms with Crippen molar-refractivity contribution in [2.45, 2.75) is 22.9 Å². The molecule has 19 heavy (non-hydrogen) atoms. The molecule has 1 aromatic carbocycles. The number of aromatic nitrogens is 1. The Morgan fingerprint density at radius 1 is 1.37 bits per heavy atom. The van der Waals surface area contributed by atoms with Crippen LogP contribution in [0.1, 0.15) is 18.5 Å². The minimum atomic E-state index is -0.221. The normalized spacial score (nSPS) is 12.4. The van der Waals surface area contributed by atoms with Gasteiger partial charge in [0.15, 0.2) is 0 Å². The third-order valence-electron chi connectivity index (χ3n) is 2.80. The number of halogens is 2. The molecule has 0 aliphatic carbocycles. The monoisotopic (exact) mass is 340 g/mol. The molecule has 0 fully saturated rings. The Morgan fingerprint density at radius 2 is 2.16 bits per heavy atom. The molecule has 2 rings (SSSR count). The molecular formula is C14H14BrFN2S. The predicted molar refractivity (Wildman–Crippen MR) is 79.9 cm³/mol. The van der Waals surface area contributed by atoms with E-state index < -0.39 is 0 Å². The van der Waals surface area contributed by atoms with Gasteiger partial charge in [0.05, 0.1) is 4.47 Å². The highest BCUT2D eigenvalue weighted by molar-refractivity contribution is 9.10. The van der Waals surface area contributed by atoms with Crippen LogP contribution in [-0.2, 0) is 0 Å². The second-order valence-electron chi connectivity index (χ2n) is 4.08. The summed E-state index contributed by atoms with van der Waals surface area (Å²) < 4.78 is 14.3. The maximum atomic E-state index is 13.4. The number of rotatable bonds is 4. The smallest absolute Gasteiger partial charge is 0.123 e. The highest BCUT2D eigenvalue weighted by Gasteiger charge is 2.13. The van der Waals surface area contributed by atoms with Gasteiger partial charge in [-0.2, -0.15) is 0 Å². The van der Waals surface area contributed by atoms with Crippen molar-refractivity contribution in [3.63, 3.8) is 0 Å². The molecule has 0 amide bonds. The van der Waals surface area contributed by atoms with Crippen LogP contribution in [0.2, 0.25) is 0 Å². The summed E-state index contributed by atoms with van der Waals surface area (Å²) in [6.45, 7) is 2.01. The van der Waals surface area contributed by atoms with Crippen LogP contribution in [0.5, 0.6) is 0 Å². The Labute approximate surface area is 125 Å². The molecule has 0 saturated heterocycles. The quantitative estimate of drug-likeness (QED) is 0.891. The van der Waals surface area contributed by atoms with Gasteiger partial charge in [0.2, 0.25) is 0 Å². The average Bonchev–Trinajstić information content (AvgIpc) is 2.42. The molecule has 0 radical (unpaired) electrons. The summed E-state index contributed by atoms with van der Waals surface area (Å²) in [4.78, 5) is 5.33. The van der Waals surface area contributed by atoms with E-state index in [0.717, 1.165) is 20.0 Å². The highest BCUT2D eigenvalue weighted by atomic mass is 79.9. The van der Waals surface area contributed by atoms with Gasteiger partial charge in [0.1, 0.15) is 10.8 Å². The van der Waals surface area contributed by atoms with Crippen molar-refractivity contribution < 1.29 is 4.39 Å². The van der Waals surface area contributed by atoms with E-state index in [4.69, 9.17) is 0 Å². The van der Waals surface area contributed by atoms with Crippen molar-refractivity contribution in [2.75, 3.05) is 7.05 Å². The van der Waals surface area contributed by atoms with Gasteiger partial charge >= 0.3 is 0 Å². The van der Waals surface area contributed by atoms with Crippen LogP contribution in [-0.4, -0.2) is 12.0 Å². The van der Waals surface area contributed by atoms with Crippen LogP contribution in [0, 0.1) is 5.82 Å². The van der Waals surface area contributed by atoms with Gasteiger partial charge in [-0.1, -0.05) is 11.8 Å². The molecular weight excluding hydrogens is 327 g/mol. The van der Waals surface area contributed by atoms with Crippen LogP contribution >= 0.6 is 27.7 Å². The van der Waals surface area contributed by atoms with E-state index in [2.05, 4.69) is 26.2 Å². The van der Waals surface area contributed by atoms with Crippen LogP contribution < -0.4 is 5.32 Å². The summed E-state index contributed by atoms with van der Waals surface area (Å²) in [5, 5.41) is 4.01. The number of pyridine rings is 1. The molecule has 1 unspecified atom stereocenters. The fraction of sp³-hybridized carbons (Fsp3) is 0.214. The number of nitrogens with zero attached hydrogens (tertiary/aromatic N) is 1. The van der Waals surface area contributed by atoms with Gasteiger partial charge in [-0.05, 0) is 65.8 Å². The lowest BCUT2D eigenvalue weighted by atomic mass is 10.1. The lowest BCUT2D eigenvalue weighted by Gasteiger charge is -2.15. The Bertz CT molecular complexity index is 577. The second-order valence-corrected chi connectivity index (χ2v) is 5.97. The summed E-state index contributed by atoms with van der Waals surface area (Å²) >= 11 is 5.00. The highest BCUT2D eigenvalue weighted by Crippen LogP contribution is 2.35. The molecule has 5 heteroatoms. The second kappa shape index (κ2) is 6.50. The Hall–Kier alpha value is -0.910. The van der Waals surface area contributed by atoms with Gasteiger partial charge in [0.25, 0.3) is 0 Å². The lowest BCUT2D eigenvalue weighted by molar-refractivity contribution is 0.601. The van der Waals surface area contributed by atoms with Crippen molar-refractivity contribution in [3.8, 4) is 0 Å². The van der Waals surface area contributed by atoms with E-state index in [-0.39, 0.29) is 11.9 Å². The summed E-state index contributed by atoms with van der Waals surface area (Å²) in [5.41, 5.74) is 0.935. The molecule has 1 aromatic heterocycles. The molecule has 1 heterocycles. The Morgan fingerprint density at radius 3 is 2.84 bits per heavy atom. The van der Waals surface area contributed by atoms with Gasteiger partial charge in [-0.25, -0.2) is 9.37 Å². The standard InChI is InChI=1S/C14H14BrFN2S/c1-9(17-2)11-8-10(16)5-6-13(11)19-14-12(15)4-3-7-18-14/h3-9,17H,1-2H3. The van der Waals surface area contributed by atoms with Crippen molar-refractivity contribution in [2.24, 2.45) is 0 Å². The topological polar surface area (TPSA) is 24.9 Å². The summed E-state index contributed by atoms with van der Waals surface area (Å²) in [7, 11) is 1.86. The van der Waals surface area contributed by atoms with Crippen molar-refractivity contribution in [1.82, 2.24) is 10.3 Å². The first-order valence-corrected chi connectivity index (χ1v) is 7.48. The first-order chi connectivity index (χ1) is 9.11. The van der Waals surface area contributed by atoms with Crippen LogP contribution in [0.25, 0.3) is 0 Å². The zero-order chi connectivity index (χ0) is 13.8. The van der Waals surface area contributed by atoms with Crippen molar-refractivity contribution in [1.29, 1.82) is 0 Å². The minimum absolute atomic E-state index is 0.0840. The fourth-order valence-corrected chi connectivity index (χ4v) is 3.13. The van der Waals surface area contributed by atoms with E-state index in [1.54, 1.807) is 18.3 Å². The predicted octanol–water partition coefficient (Wildman–Crippen LogP) is 4.41. The van der Waals surface area contributed by atoms with Crippen LogP contribution in [0.3, 0.4) is 0 Å². The number of hydrogen-bond acceptors (Lipinski definition) is 3. The number of nitrogens with one attached hydrogen (secondary N) is 1. The number of benzene rings is 1. The zero-order valence-corrected chi connectivity index (χ0v) is 13.1. The van der Waals surface area contributed by atoms with Crippen LogP contribution in [0.15, 0.2) is 50.9 Å². The van der Waals surface area contributed by atoms with Gasteiger partial charge < -0.3 is 5.32 Å². The summed E-state index contributed by atoms with van der Waals surface area (Å²) in [6.07, 6.45) is 1.75. The molecule has 0 aliphatic heterocycles. The molecule has 0 spiro atoms. The maximum absolute atomic E-state index is 13.4. The van der Waals surface area contributed by atoms with Crippen molar-refractivity contribution in [3.05, 3.63) is 52.4 Å². The largest absolute Gasteiger partial charge is 0.313 e. The van der Waals surface area contributed by atoms with Crippen LogP contribution in [0.4, 0.5) is 4.39 Å². The van der Waals surface area contributed by atoms with E-state index in [0.29, 0.717) is 0 Å². The van der Waals surface area contributed by atoms with Gasteiger partial charge in [-0.15, -0.1) is 0 Å². The Kier molecular flexibility index (Phi) is 4.96. The third kappa shape index (κ3) is 3.55. The van der Waals surface area contributed by atoms with E-state index in [1.807, 2.05) is 26.1 Å². The molecule has 0 saturated carbocycles. The number of hydrogen-bond donors (Lipinski definition) is 1. The lowest BCUT2D eigenvalue weighted by Crippen LogP contribution is -2.13. The molecule has 2 aromatic rings.